The van der Waals surface area contributed by atoms with Crippen molar-refractivity contribution in [1.29, 1.82) is 0 Å². The van der Waals surface area contributed by atoms with Crippen molar-refractivity contribution < 1.29 is 80.2 Å². The fourth-order valence-corrected chi connectivity index (χ4v) is 11.6. The summed E-state index contributed by atoms with van der Waals surface area (Å²) >= 11 is 0. The SMILES string of the molecule is CCCCCCCCCCCCC(=O)O[C@H](COC(=O)CCCCCCCCC(C)C)COP(=O)(O)OC[C@H](O)COP(=O)(O)OC[C@@H](COC(=O)CCCCCCCCCCC(C)C)OC(=O)CCCCCCCCCCCCCCCC(C)C. The molecule has 0 spiro atoms. The highest BCUT2D eigenvalue weighted by Gasteiger charge is 2.30. The number of ether oxygens (including phenoxy) is 4. The van der Waals surface area contributed by atoms with E-state index in [0.717, 1.165) is 108 Å². The molecular formula is C67H130O17P2. The van der Waals surface area contributed by atoms with E-state index in [1.54, 1.807) is 0 Å². The first kappa shape index (κ1) is 84.1. The van der Waals surface area contributed by atoms with Crippen molar-refractivity contribution in [3.63, 3.8) is 0 Å². The number of phosphoric ester groups is 2. The van der Waals surface area contributed by atoms with E-state index in [9.17, 15) is 43.2 Å². The molecule has 0 heterocycles. The number of aliphatic hydroxyl groups excluding tert-OH is 1. The molecule has 0 aromatic rings. The average Bonchev–Trinajstić information content (AvgIpc) is 3.62. The third-order valence-electron chi connectivity index (χ3n) is 15.4. The van der Waals surface area contributed by atoms with Crippen molar-refractivity contribution in [2.45, 2.75) is 349 Å². The molecular weight excluding hydrogens is 1140 g/mol. The maximum Gasteiger partial charge on any atom is 0.472 e. The minimum Gasteiger partial charge on any atom is -0.462 e. The summed E-state index contributed by atoms with van der Waals surface area (Å²) < 4.78 is 68.1. The van der Waals surface area contributed by atoms with Crippen LogP contribution in [0.25, 0.3) is 0 Å². The van der Waals surface area contributed by atoms with Crippen molar-refractivity contribution in [2.75, 3.05) is 39.6 Å². The maximum atomic E-state index is 13.0. The lowest BCUT2D eigenvalue weighted by atomic mass is 10.0. The zero-order valence-electron chi connectivity index (χ0n) is 55.8. The van der Waals surface area contributed by atoms with Gasteiger partial charge in [-0.2, -0.15) is 0 Å². The molecule has 3 N–H and O–H groups in total. The van der Waals surface area contributed by atoms with Gasteiger partial charge in [0.1, 0.15) is 19.3 Å². The van der Waals surface area contributed by atoms with Gasteiger partial charge < -0.3 is 33.8 Å². The number of hydrogen-bond acceptors (Lipinski definition) is 15. The van der Waals surface area contributed by atoms with E-state index in [-0.39, 0.29) is 25.7 Å². The highest BCUT2D eigenvalue weighted by Crippen LogP contribution is 2.45. The topological polar surface area (TPSA) is 237 Å². The van der Waals surface area contributed by atoms with Crippen LogP contribution in [-0.2, 0) is 65.4 Å². The first-order valence-electron chi connectivity index (χ1n) is 34.8. The van der Waals surface area contributed by atoms with Crippen LogP contribution in [0, 0.1) is 17.8 Å². The molecule has 2 unspecified atom stereocenters. The molecule has 0 aromatic heterocycles. The van der Waals surface area contributed by atoms with Crippen LogP contribution in [0.3, 0.4) is 0 Å². The van der Waals surface area contributed by atoms with Gasteiger partial charge in [-0.15, -0.1) is 0 Å². The molecule has 5 atom stereocenters. The van der Waals surface area contributed by atoms with Crippen molar-refractivity contribution in [3.8, 4) is 0 Å². The van der Waals surface area contributed by atoms with Crippen molar-refractivity contribution in [1.82, 2.24) is 0 Å². The Morgan fingerprint density at radius 2 is 0.535 bits per heavy atom. The second kappa shape index (κ2) is 58.2. The van der Waals surface area contributed by atoms with Gasteiger partial charge in [0.05, 0.1) is 26.4 Å². The van der Waals surface area contributed by atoms with Crippen molar-refractivity contribution >= 4 is 39.5 Å². The van der Waals surface area contributed by atoms with Crippen molar-refractivity contribution in [2.24, 2.45) is 17.8 Å². The van der Waals surface area contributed by atoms with Crippen molar-refractivity contribution in [3.05, 3.63) is 0 Å². The molecule has 510 valence electrons. The smallest absolute Gasteiger partial charge is 0.462 e. The van der Waals surface area contributed by atoms with Crippen LogP contribution < -0.4 is 0 Å². The summed E-state index contributed by atoms with van der Waals surface area (Å²) in [6.07, 6.45) is 40.5. The normalized spacial score (nSPS) is 14.3. The quantitative estimate of drug-likeness (QED) is 0.0222. The molecule has 0 saturated heterocycles. The van der Waals surface area contributed by atoms with Gasteiger partial charge in [0.25, 0.3) is 0 Å². The van der Waals surface area contributed by atoms with Gasteiger partial charge in [0, 0.05) is 25.7 Å². The predicted molar refractivity (Wildman–Crippen MR) is 344 cm³/mol. The lowest BCUT2D eigenvalue weighted by molar-refractivity contribution is -0.161. The molecule has 0 radical (unpaired) electrons. The minimum absolute atomic E-state index is 0.105. The Kier molecular flexibility index (Phi) is 56.9. The zero-order chi connectivity index (χ0) is 63.8. The molecule has 0 bridgehead atoms. The molecule has 19 heteroatoms. The lowest BCUT2D eigenvalue weighted by Gasteiger charge is -2.21. The fraction of sp³-hybridized carbons (Fsp3) is 0.940. The van der Waals surface area contributed by atoms with E-state index in [2.05, 4.69) is 48.5 Å². The maximum absolute atomic E-state index is 13.0. The molecule has 0 saturated carbocycles. The van der Waals surface area contributed by atoms with Gasteiger partial charge in [-0.05, 0) is 43.4 Å². The van der Waals surface area contributed by atoms with Gasteiger partial charge >= 0.3 is 39.5 Å². The Morgan fingerprint density at radius 1 is 0.314 bits per heavy atom. The lowest BCUT2D eigenvalue weighted by Crippen LogP contribution is -2.30. The number of esters is 4. The van der Waals surface area contributed by atoms with E-state index in [1.807, 2.05) is 0 Å². The monoisotopic (exact) mass is 1270 g/mol. The summed E-state index contributed by atoms with van der Waals surface area (Å²) in [5.41, 5.74) is 0. The highest BCUT2D eigenvalue weighted by molar-refractivity contribution is 7.47. The van der Waals surface area contributed by atoms with Crippen LogP contribution in [0.4, 0.5) is 0 Å². The number of rotatable bonds is 65. The summed E-state index contributed by atoms with van der Waals surface area (Å²) in [5.74, 6) is 0.0596. The Balaban J connectivity index is 5.23. The summed E-state index contributed by atoms with van der Waals surface area (Å²) in [6.45, 7) is 11.7. The van der Waals surface area contributed by atoms with Gasteiger partial charge in [0.15, 0.2) is 12.2 Å². The van der Waals surface area contributed by atoms with Crippen LogP contribution in [0.15, 0.2) is 0 Å². The first-order valence-corrected chi connectivity index (χ1v) is 37.8. The Bertz CT molecular complexity index is 1700. The number of carbonyl (C=O) groups excluding carboxylic acids is 4. The third kappa shape index (κ3) is 60.9. The zero-order valence-corrected chi connectivity index (χ0v) is 57.6. The second-order valence-corrected chi connectivity index (χ2v) is 28.5. The van der Waals surface area contributed by atoms with Gasteiger partial charge in [-0.1, -0.05) is 280 Å². The summed E-state index contributed by atoms with van der Waals surface area (Å²) in [4.78, 5) is 72.3. The van der Waals surface area contributed by atoms with Crippen LogP contribution in [-0.4, -0.2) is 96.7 Å². The second-order valence-electron chi connectivity index (χ2n) is 25.6. The number of phosphoric acid groups is 2. The number of aliphatic hydroxyl groups is 1. The number of hydrogen-bond donors (Lipinski definition) is 3. The number of carbonyl (C=O) groups is 4. The van der Waals surface area contributed by atoms with Gasteiger partial charge in [-0.25, -0.2) is 9.13 Å². The van der Waals surface area contributed by atoms with Gasteiger partial charge in [-0.3, -0.25) is 37.3 Å². The van der Waals surface area contributed by atoms with Crippen LogP contribution in [0.5, 0.6) is 0 Å². The molecule has 0 amide bonds. The molecule has 0 rings (SSSR count). The van der Waals surface area contributed by atoms with E-state index in [4.69, 9.17) is 37.0 Å². The average molecular weight is 1270 g/mol. The standard InChI is InChI=1S/C67H130O17P2/c1-8-9-10-11-12-13-20-27-36-43-50-66(71)84-63(55-78-65(70)49-42-35-30-29-33-40-47-60(6)7)57-82-86(75,76)80-53-61(68)52-79-85(73,74)81-56-62(54-77-64(69)48-41-34-26-23-22-25-32-39-46-59(4)5)83-67(72)51-44-37-28-21-18-16-14-15-17-19-24-31-38-45-58(2)3/h58-63,68H,8-57H2,1-7H3,(H,73,74)(H,75,76)/t61-,62-,63-/m1/s1. The molecule has 86 heavy (non-hydrogen) atoms. The van der Waals surface area contributed by atoms with Crippen LogP contribution >= 0.6 is 15.6 Å². The van der Waals surface area contributed by atoms with Gasteiger partial charge in [0.2, 0.25) is 0 Å². The number of unbranched alkanes of at least 4 members (excludes halogenated alkanes) is 33. The highest BCUT2D eigenvalue weighted by atomic mass is 31.2. The molecule has 0 aliphatic rings. The predicted octanol–water partition coefficient (Wildman–Crippen LogP) is 18.7. The molecule has 0 aromatic carbocycles. The molecule has 0 aliphatic carbocycles. The van der Waals surface area contributed by atoms with Crippen LogP contribution in [0.2, 0.25) is 0 Å². The summed E-state index contributed by atoms with van der Waals surface area (Å²) in [5, 5.41) is 10.6. The molecule has 17 nitrogen and oxygen atoms in total. The van der Waals surface area contributed by atoms with E-state index in [1.165, 1.54) is 135 Å². The Hall–Kier alpha value is -1.94. The minimum atomic E-state index is -4.95. The van der Waals surface area contributed by atoms with Crippen LogP contribution in [0.1, 0.15) is 331 Å². The molecule has 0 fully saturated rings. The Morgan fingerprint density at radius 3 is 0.791 bits per heavy atom. The summed E-state index contributed by atoms with van der Waals surface area (Å²) in [7, 11) is -9.89. The third-order valence-corrected chi connectivity index (χ3v) is 17.3. The summed E-state index contributed by atoms with van der Waals surface area (Å²) in [6, 6.07) is 0. The fourth-order valence-electron chi connectivity index (χ4n) is 10.0. The van der Waals surface area contributed by atoms with E-state index in [0.29, 0.717) is 31.6 Å². The van der Waals surface area contributed by atoms with E-state index < -0.39 is 97.5 Å². The van der Waals surface area contributed by atoms with E-state index >= 15 is 0 Å². The first-order chi connectivity index (χ1) is 41.2. The Labute approximate surface area is 524 Å². The molecule has 0 aliphatic heterocycles. The largest absolute Gasteiger partial charge is 0.472 e.